The van der Waals surface area contributed by atoms with Crippen molar-refractivity contribution >= 4 is 32.8 Å². The van der Waals surface area contributed by atoms with Crippen LogP contribution in [0, 0.1) is 0 Å². The Morgan fingerprint density at radius 1 is 0.636 bits per heavy atom. The largest absolute Gasteiger partial charge is 0.226 e. The van der Waals surface area contributed by atoms with Crippen molar-refractivity contribution in [2.45, 2.75) is 97.9 Å². The highest BCUT2D eigenvalue weighted by Crippen LogP contribution is 2.52. The minimum absolute atomic E-state index is 0.281. The SMILES string of the molecule is CC(C)P(C(C)C)N(ON([Si](C)(C)C)[Si](C)(C)C)[Si](C)(C)C. The fourth-order valence-corrected chi connectivity index (χ4v) is 18.5. The summed E-state index contributed by atoms with van der Waals surface area (Å²) in [6.45, 7) is 31.1. The lowest BCUT2D eigenvalue weighted by Gasteiger charge is -2.50. The molecule has 0 aliphatic heterocycles. The van der Waals surface area contributed by atoms with Crippen molar-refractivity contribution in [1.29, 1.82) is 0 Å². The van der Waals surface area contributed by atoms with Crippen LogP contribution in [-0.4, -0.2) is 44.9 Å². The number of nitrogens with zero attached hydrogens (tertiary/aromatic N) is 2. The lowest BCUT2D eigenvalue weighted by atomic mass is 10.5. The molecule has 3 nitrogen and oxygen atoms in total. The Hall–Kier alpha value is 0.961. The number of hydrogen-bond donors (Lipinski definition) is 0. The third kappa shape index (κ3) is 6.83. The van der Waals surface area contributed by atoms with Crippen molar-refractivity contribution in [3.8, 4) is 0 Å². The Kier molecular flexibility index (Phi) is 8.24. The number of hydrogen-bond acceptors (Lipinski definition) is 3. The average molecular weight is 381 g/mol. The van der Waals surface area contributed by atoms with E-state index in [1.165, 1.54) is 0 Å². The highest BCUT2D eigenvalue weighted by atomic mass is 31.1. The summed E-state index contributed by atoms with van der Waals surface area (Å²) in [7, 11) is -4.86. The highest BCUT2D eigenvalue weighted by molar-refractivity contribution is 7.58. The summed E-state index contributed by atoms with van der Waals surface area (Å²) in [5.41, 5.74) is 1.32. The van der Waals surface area contributed by atoms with E-state index in [0.29, 0.717) is 11.3 Å². The molecule has 0 rings (SSSR count). The quantitative estimate of drug-likeness (QED) is 0.285. The molecule has 0 aliphatic rings. The van der Waals surface area contributed by atoms with Crippen LogP contribution in [0.3, 0.4) is 0 Å². The zero-order chi connectivity index (χ0) is 18.1. The molecule has 0 saturated carbocycles. The molecule has 7 heteroatoms. The normalized spacial score (nSPS) is 15.0. The molecular formula is C15H41N2OPSi3. The first kappa shape index (κ1) is 23.0. The molecule has 22 heavy (non-hydrogen) atoms. The van der Waals surface area contributed by atoms with E-state index >= 15 is 0 Å². The summed E-state index contributed by atoms with van der Waals surface area (Å²) in [6, 6.07) is 0. The van der Waals surface area contributed by atoms with E-state index in [1.54, 1.807) is 0 Å². The molecule has 0 aromatic carbocycles. The Morgan fingerprint density at radius 2 is 0.955 bits per heavy atom. The van der Waals surface area contributed by atoms with Gasteiger partial charge in [0, 0.05) is 0 Å². The Bertz CT molecular complexity index is 324. The van der Waals surface area contributed by atoms with Gasteiger partial charge in [0.15, 0.2) is 8.24 Å². The summed E-state index contributed by atoms with van der Waals surface area (Å²) in [5.74, 6) is 0. The first-order valence-corrected chi connectivity index (χ1v) is 20.3. The lowest BCUT2D eigenvalue weighted by molar-refractivity contribution is -0.158. The maximum atomic E-state index is 6.81. The smallest absolute Gasteiger partial charge is 0.159 e. The van der Waals surface area contributed by atoms with Crippen LogP contribution in [0.25, 0.3) is 0 Å². The summed E-state index contributed by atoms with van der Waals surface area (Å²) in [6.07, 6.45) is 0. The van der Waals surface area contributed by atoms with Crippen molar-refractivity contribution in [3.63, 3.8) is 0 Å². The predicted octanol–water partition coefficient (Wildman–Crippen LogP) is 6.16. The molecule has 0 bridgehead atoms. The second-order valence-electron chi connectivity index (χ2n) is 9.73. The molecule has 134 valence electrons. The molecule has 0 saturated heterocycles. The summed E-state index contributed by atoms with van der Waals surface area (Å²) < 4.78 is 4.96. The third-order valence-electron chi connectivity index (χ3n) is 3.22. The van der Waals surface area contributed by atoms with Crippen molar-refractivity contribution < 1.29 is 4.94 Å². The van der Waals surface area contributed by atoms with E-state index in [0.717, 1.165) is 0 Å². The summed E-state index contributed by atoms with van der Waals surface area (Å²) >= 11 is 0. The van der Waals surface area contributed by atoms with Gasteiger partial charge in [0.1, 0.15) is 16.5 Å². The fraction of sp³-hybridized carbons (Fsp3) is 1.00. The zero-order valence-corrected chi connectivity index (χ0v) is 21.3. The first-order valence-electron chi connectivity index (χ1n) is 8.56. The molecule has 0 aromatic heterocycles. The lowest BCUT2D eigenvalue weighted by Crippen LogP contribution is -2.63. The van der Waals surface area contributed by atoms with E-state index in [1.807, 2.05) is 0 Å². The predicted molar refractivity (Wildman–Crippen MR) is 112 cm³/mol. The molecule has 0 amide bonds. The topological polar surface area (TPSA) is 15.7 Å². The van der Waals surface area contributed by atoms with Gasteiger partial charge in [-0.05, 0) is 19.4 Å². The van der Waals surface area contributed by atoms with Crippen LogP contribution < -0.4 is 0 Å². The Morgan fingerprint density at radius 3 is 1.14 bits per heavy atom. The van der Waals surface area contributed by atoms with Gasteiger partial charge in [-0.25, -0.2) is 9.33 Å². The van der Waals surface area contributed by atoms with Crippen molar-refractivity contribution in [2.24, 2.45) is 0 Å². The van der Waals surface area contributed by atoms with E-state index in [9.17, 15) is 0 Å². The van der Waals surface area contributed by atoms with Crippen LogP contribution >= 0.6 is 8.07 Å². The van der Waals surface area contributed by atoms with Crippen LogP contribution in [0.2, 0.25) is 58.9 Å². The van der Waals surface area contributed by atoms with Crippen molar-refractivity contribution in [2.75, 3.05) is 0 Å². The van der Waals surface area contributed by atoms with Gasteiger partial charge in [0.25, 0.3) is 0 Å². The molecule has 0 radical (unpaired) electrons. The summed E-state index contributed by atoms with van der Waals surface area (Å²) in [5, 5.41) is 0. The van der Waals surface area contributed by atoms with Crippen LogP contribution in [0.5, 0.6) is 0 Å². The Balaban J connectivity index is 5.73. The fourth-order valence-electron chi connectivity index (χ4n) is 2.86. The molecule has 0 fully saturated rings. The molecular weight excluding hydrogens is 339 g/mol. The Labute approximate surface area is 144 Å². The third-order valence-corrected chi connectivity index (χ3v) is 16.2. The zero-order valence-electron chi connectivity index (χ0n) is 17.4. The van der Waals surface area contributed by atoms with Gasteiger partial charge in [-0.3, -0.25) is 0 Å². The number of rotatable bonds is 8. The van der Waals surface area contributed by atoms with Crippen LogP contribution in [-0.2, 0) is 4.94 Å². The van der Waals surface area contributed by atoms with Crippen LogP contribution in [0.4, 0.5) is 0 Å². The van der Waals surface area contributed by atoms with E-state index in [2.05, 4.69) is 95.5 Å². The standard InChI is InChI=1S/C15H41N2OPSi3/c1-14(2)19(15(3)4)16(20(5,6)7)18-17(21(8,9)10)22(11,12)13/h14-15H,1-13H3. The van der Waals surface area contributed by atoms with Crippen molar-refractivity contribution in [3.05, 3.63) is 0 Å². The molecule has 0 spiro atoms. The van der Waals surface area contributed by atoms with E-state index < -0.39 is 24.7 Å². The van der Waals surface area contributed by atoms with Gasteiger partial charge in [-0.1, -0.05) is 86.6 Å². The van der Waals surface area contributed by atoms with Gasteiger partial charge >= 0.3 is 0 Å². The second-order valence-corrected chi connectivity index (χ2v) is 28.0. The van der Waals surface area contributed by atoms with Crippen LogP contribution in [0.1, 0.15) is 27.7 Å². The maximum absolute atomic E-state index is 6.81. The minimum Gasteiger partial charge on any atom is -0.226 e. The average Bonchev–Trinajstić information content (AvgIpc) is 2.16. The molecule has 0 heterocycles. The molecule has 0 unspecified atom stereocenters. The van der Waals surface area contributed by atoms with E-state index in [-0.39, 0.29) is 8.07 Å². The van der Waals surface area contributed by atoms with Gasteiger partial charge in [0.05, 0.1) is 0 Å². The molecule has 0 atom stereocenters. The van der Waals surface area contributed by atoms with Crippen LogP contribution in [0.15, 0.2) is 0 Å². The van der Waals surface area contributed by atoms with Gasteiger partial charge in [-0.2, -0.15) is 4.50 Å². The van der Waals surface area contributed by atoms with Crippen molar-refractivity contribution in [1.82, 2.24) is 8.89 Å². The van der Waals surface area contributed by atoms with Gasteiger partial charge < -0.3 is 0 Å². The first-order chi connectivity index (χ1) is 9.49. The summed E-state index contributed by atoms with van der Waals surface area (Å²) in [4.78, 5) is 6.81. The molecule has 0 aliphatic carbocycles. The maximum Gasteiger partial charge on any atom is 0.159 e. The monoisotopic (exact) mass is 380 g/mol. The molecule has 0 aromatic rings. The molecule has 0 N–H and O–H groups in total. The minimum atomic E-state index is -1.55. The second kappa shape index (κ2) is 7.89. The highest BCUT2D eigenvalue weighted by Gasteiger charge is 2.43. The van der Waals surface area contributed by atoms with Gasteiger partial charge in [-0.15, -0.1) is 0 Å². The van der Waals surface area contributed by atoms with E-state index in [4.69, 9.17) is 4.94 Å². The van der Waals surface area contributed by atoms with Gasteiger partial charge in [0.2, 0.25) is 0 Å².